The van der Waals surface area contributed by atoms with E-state index in [0.29, 0.717) is 18.1 Å². The SMILES string of the molecule is Cc1cccc(OC[C@H](C)NC(=O)c2c(C)nc(C(C)C)[nH]c2=O)c1. The minimum Gasteiger partial charge on any atom is -0.491 e. The molecule has 1 atom stereocenters. The summed E-state index contributed by atoms with van der Waals surface area (Å²) in [4.78, 5) is 31.6. The molecule has 0 aliphatic heterocycles. The van der Waals surface area contributed by atoms with Gasteiger partial charge in [0, 0.05) is 5.92 Å². The Labute approximate surface area is 147 Å². The number of rotatable bonds is 6. The number of carbonyl (C=O) groups is 1. The number of benzene rings is 1. The second-order valence-corrected chi connectivity index (χ2v) is 6.57. The van der Waals surface area contributed by atoms with Crippen molar-refractivity contribution in [1.29, 1.82) is 0 Å². The van der Waals surface area contributed by atoms with Gasteiger partial charge in [-0.2, -0.15) is 0 Å². The molecule has 0 aliphatic rings. The zero-order valence-corrected chi connectivity index (χ0v) is 15.3. The van der Waals surface area contributed by atoms with E-state index in [1.165, 1.54) is 0 Å². The summed E-state index contributed by atoms with van der Waals surface area (Å²) in [6.45, 7) is 9.66. The van der Waals surface area contributed by atoms with E-state index in [-0.39, 0.29) is 17.5 Å². The Morgan fingerprint density at radius 2 is 2.00 bits per heavy atom. The summed E-state index contributed by atoms with van der Waals surface area (Å²) in [7, 11) is 0. The second-order valence-electron chi connectivity index (χ2n) is 6.57. The van der Waals surface area contributed by atoms with Gasteiger partial charge in [-0.15, -0.1) is 0 Å². The fraction of sp³-hybridized carbons (Fsp3) is 0.421. The third-order valence-electron chi connectivity index (χ3n) is 3.76. The fourth-order valence-electron chi connectivity index (χ4n) is 2.41. The lowest BCUT2D eigenvalue weighted by molar-refractivity contribution is 0.0924. The van der Waals surface area contributed by atoms with E-state index in [1.54, 1.807) is 6.92 Å². The average Bonchev–Trinajstić information content (AvgIpc) is 2.52. The van der Waals surface area contributed by atoms with Gasteiger partial charge < -0.3 is 15.0 Å². The van der Waals surface area contributed by atoms with Gasteiger partial charge in [-0.3, -0.25) is 9.59 Å². The van der Waals surface area contributed by atoms with Gasteiger partial charge >= 0.3 is 0 Å². The van der Waals surface area contributed by atoms with Crippen molar-refractivity contribution in [2.75, 3.05) is 6.61 Å². The molecule has 0 unspecified atom stereocenters. The van der Waals surface area contributed by atoms with Crippen LogP contribution < -0.4 is 15.6 Å². The van der Waals surface area contributed by atoms with Crippen molar-refractivity contribution in [2.45, 2.75) is 46.6 Å². The zero-order valence-electron chi connectivity index (χ0n) is 15.3. The van der Waals surface area contributed by atoms with E-state index in [1.807, 2.05) is 52.0 Å². The van der Waals surface area contributed by atoms with Crippen molar-refractivity contribution in [3.8, 4) is 5.75 Å². The van der Waals surface area contributed by atoms with Crippen LogP contribution in [0.15, 0.2) is 29.1 Å². The van der Waals surface area contributed by atoms with Gasteiger partial charge in [0.2, 0.25) is 0 Å². The van der Waals surface area contributed by atoms with Crippen LogP contribution in [0.3, 0.4) is 0 Å². The summed E-state index contributed by atoms with van der Waals surface area (Å²) in [6, 6.07) is 7.44. The summed E-state index contributed by atoms with van der Waals surface area (Å²) in [5, 5.41) is 2.79. The highest BCUT2D eigenvalue weighted by molar-refractivity contribution is 5.94. The first-order valence-electron chi connectivity index (χ1n) is 8.39. The predicted octanol–water partition coefficient (Wildman–Crippen LogP) is 2.71. The Balaban J connectivity index is 2.03. The van der Waals surface area contributed by atoms with Gasteiger partial charge in [-0.25, -0.2) is 4.98 Å². The summed E-state index contributed by atoms with van der Waals surface area (Å²) >= 11 is 0. The van der Waals surface area contributed by atoms with E-state index in [0.717, 1.165) is 11.3 Å². The maximum Gasteiger partial charge on any atom is 0.264 e. The van der Waals surface area contributed by atoms with Crippen LogP contribution in [0.25, 0.3) is 0 Å². The number of amides is 1. The topological polar surface area (TPSA) is 84.1 Å². The van der Waals surface area contributed by atoms with Crippen LogP contribution in [0.2, 0.25) is 0 Å². The Morgan fingerprint density at radius 3 is 2.60 bits per heavy atom. The summed E-state index contributed by atoms with van der Waals surface area (Å²) < 4.78 is 5.68. The number of carbonyl (C=O) groups excluding carboxylic acids is 1. The van der Waals surface area contributed by atoms with Gasteiger partial charge in [-0.1, -0.05) is 26.0 Å². The fourth-order valence-corrected chi connectivity index (χ4v) is 2.41. The van der Waals surface area contributed by atoms with Crippen molar-refractivity contribution in [2.24, 2.45) is 0 Å². The predicted molar refractivity (Wildman–Crippen MR) is 97.3 cm³/mol. The number of ether oxygens (including phenoxy) is 1. The summed E-state index contributed by atoms with van der Waals surface area (Å²) in [6.07, 6.45) is 0. The van der Waals surface area contributed by atoms with Gasteiger partial charge in [0.15, 0.2) is 0 Å². The third kappa shape index (κ3) is 4.92. The van der Waals surface area contributed by atoms with Crippen LogP contribution in [0.1, 0.15) is 54.1 Å². The number of aryl methyl sites for hydroxylation is 2. The molecule has 1 amide bonds. The maximum absolute atomic E-state index is 12.4. The standard InChI is InChI=1S/C19H25N3O3/c1-11(2)17-21-14(5)16(19(24)22-17)18(23)20-13(4)10-25-15-8-6-7-12(3)9-15/h6-9,11,13H,10H2,1-5H3,(H,20,23)(H,21,22,24)/t13-/m0/s1. The van der Waals surface area contributed by atoms with Crippen molar-refractivity contribution >= 4 is 5.91 Å². The molecule has 0 bridgehead atoms. The Kier molecular flexibility index (Phi) is 5.96. The quantitative estimate of drug-likeness (QED) is 0.845. The van der Waals surface area contributed by atoms with E-state index in [4.69, 9.17) is 4.74 Å². The Hall–Kier alpha value is -2.63. The first kappa shape index (κ1) is 18.7. The molecule has 0 saturated heterocycles. The molecule has 6 nitrogen and oxygen atoms in total. The molecule has 2 rings (SSSR count). The van der Waals surface area contributed by atoms with Crippen LogP contribution in [0, 0.1) is 13.8 Å². The first-order chi connectivity index (χ1) is 11.8. The molecule has 134 valence electrons. The summed E-state index contributed by atoms with van der Waals surface area (Å²) in [5.74, 6) is 0.972. The van der Waals surface area contributed by atoms with Crippen LogP contribution in [-0.2, 0) is 0 Å². The molecule has 1 aromatic carbocycles. The molecule has 2 N–H and O–H groups in total. The minimum absolute atomic E-state index is 0.0480. The van der Waals surface area contributed by atoms with Crippen molar-refractivity contribution in [3.05, 3.63) is 57.3 Å². The molecule has 0 saturated carbocycles. The normalized spacial score (nSPS) is 12.1. The summed E-state index contributed by atoms with van der Waals surface area (Å²) in [5.41, 5.74) is 1.16. The van der Waals surface area contributed by atoms with E-state index >= 15 is 0 Å². The molecule has 1 heterocycles. The molecular formula is C19H25N3O3. The van der Waals surface area contributed by atoms with Gasteiger partial charge in [0.25, 0.3) is 11.5 Å². The number of nitrogens with zero attached hydrogens (tertiary/aromatic N) is 1. The number of nitrogens with one attached hydrogen (secondary N) is 2. The van der Waals surface area contributed by atoms with Crippen LogP contribution in [0.4, 0.5) is 0 Å². The van der Waals surface area contributed by atoms with Gasteiger partial charge in [0.1, 0.15) is 23.7 Å². The highest BCUT2D eigenvalue weighted by Crippen LogP contribution is 2.13. The highest BCUT2D eigenvalue weighted by atomic mass is 16.5. The molecule has 0 aliphatic carbocycles. The Morgan fingerprint density at radius 1 is 1.28 bits per heavy atom. The number of aromatic amines is 1. The number of H-pyrrole nitrogens is 1. The van der Waals surface area contributed by atoms with E-state index in [9.17, 15) is 9.59 Å². The molecule has 6 heteroatoms. The third-order valence-corrected chi connectivity index (χ3v) is 3.76. The maximum atomic E-state index is 12.4. The van der Waals surface area contributed by atoms with Crippen molar-refractivity contribution < 1.29 is 9.53 Å². The Bertz CT molecular complexity index is 812. The number of hydrogen-bond donors (Lipinski definition) is 2. The molecule has 2 aromatic rings. The lowest BCUT2D eigenvalue weighted by atomic mass is 10.1. The van der Waals surface area contributed by atoms with Gasteiger partial charge in [0.05, 0.1) is 11.7 Å². The zero-order chi connectivity index (χ0) is 18.6. The average molecular weight is 343 g/mol. The van der Waals surface area contributed by atoms with Crippen LogP contribution in [0.5, 0.6) is 5.75 Å². The molecule has 0 spiro atoms. The number of aromatic nitrogens is 2. The smallest absolute Gasteiger partial charge is 0.264 e. The lowest BCUT2D eigenvalue weighted by Crippen LogP contribution is -2.40. The molecular weight excluding hydrogens is 318 g/mol. The molecule has 0 radical (unpaired) electrons. The molecule has 25 heavy (non-hydrogen) atoms. The minimum atomic E-state index is -0.443. The lowest BCUT2D eigenvalue weighted by Gasteiger charge is -2.16. The van der Waals surface area contributed by atoms with Crippen LogP contribution in [-0.4, -0.2) is 28.5 Å². The number of hydrogen-bond acceptors (Lipinski definition) is 4. The first-order valence-corrected chi connectivity index (χ1v) is 8.39. The van der Waals surface area contributed by atoms with E-state index in [2.05, 4.69) is 15.3 Å². The molecule has 0 fully saturated rings. The van der Waals surface area contributed by atoms with Crippen LogP contribution >= 0.6 is 0 Å². The molecule has 1 aromatic heterocycles. The van der Waals surface area contributed by atoms with Crippen molar-refractivity contribution in [3.63, 3.8) is 0 Å². The highest BCUT2D eigenvalue weighted by Gasteiger charge is 2.19. The van der Waals surface area contributed by atoms with Crippen molar-refractivity contribution in [1.82, 2.24) is 15.3 Å². The largest absolute Gasteiger partial charge is 0.491 e. The van der Waals surface area contributed by atoms with Gasteiger partial charge in [-0.05, 0) is 38.5 Å². The monoisotopic (exact) mass is 343 g/mol. The van der Waals surface area contributed by atoms with E-state index < -0.39 is 11.5 Å². The second kappa shape index (κ2) is 7.96.